The van der Waals surface area contributed by atoms with Gasteiger partial charge in [-0.3, -0.25) is 9.59 Å². The van der Waals surface area contributed by atoms with Crippen molar-refractivity contribution in [3.8, 4) is 0 Å². The second kappa shape index (κ2) is 16.8. The van der Waals surface area contributed by atoms with Gasteiger partial charge < -0.3 is 24.8 Å². The quantitative estimate of drug-likeness (QED) is 0.0558. The van der Waals surface area contributed by atoms with E-state index in [1.807, 2.05) is 6.92 Å². The van der Waals surface area contributed by atoms with Crippen LogP contribution in [0.25, 0.3) is 0 Å². The summed E-state index contributed by atoms with van der Waals surface area (Å²) in [5, 5.41) is 34.6. The largest absolute Gasteiger partial charge is 0.465 e. The van der Waals surface area contributed by atoms with Crippen LogP contribution in [0.15, 0.2) is 34.9 Å². The predicted octanol–water partition coefficient (Wildman–Crippen LogP) is 7.34. The molecule has 49 heavy (non-hydrogen) atoms. The van der Waals surface area contributed by atoms with Crippen LogP contribution in [0.2, 0.25) is 0 Å². The van der Waals surface area contributed by atoms with E-state index in [0.29, 0.717) is 24.0 Å². The molecule has 8 nitrogen and oxygen atoms in total. The van der Waals surface area contributed by atoms with Crippen LogP contribution in [0.1, 0.15) is 138 Å². The lowest BCUT2D eigenvalue weighted by Crippen LogP contribution is -2.66. The Labute approximate surface area is 294 Å². The fraction of sp³-hybridized carbons (Fsp3) is 0.780. The molecule has 0 radical (unpaired) electrons. The number of esters is 2. The van der Waals surface area contributed by atoms with Crippen molar-refractivity contribution < 1.29 is 39.2 Å². The summed E-state index contributed by atoms with van der Waals surface area (Å²) in [4.78, 5) is 40.6. The number of hydrogen-bond acceptors (Lipinski definition) is 8. The highest BCUT2D eigenvalue weighted by Gasteiger charge is 2.77. The van der Waals surface area contributed by atoms with E-state index < -0.39 is 53.1 Å². The summed E-state index contributed by atoms with van der Waals surface area (Å²) < 4.78 is 11.7. The van der Waals surface area contributed by atoms with Gasteiger partial charge in [0.1, 0.15) is 6.10 Å². The molecule has 3 N–H and O–H groups in total. The van der Waals surface area contributed by atoms with Gasteiger partial charge >= 0.3 is 11.9 Å². The van der Waals surface area contributed by atoms with Gasteiger partial charge in [0.15, 0.2) is 17.5 Å². The summed E-state index contributed by atoms with van der Waals surface area (Å²) >= 11 is 0. The van der Waals surface area contributed by atoms with E-state index in [-0.39, 0.29) is 35.8 Å². The van der Waals surface area contributed by atoms with Crippen LogP contribution in [-0.4, -0.2) is 64.1 Å². The van der Waals surface area contributed by atoms with Crippen molar-refractivity contribution in [2.75, 3.05) is 13.2 Å². The molecule has 0 saturated heterocycles. The van der Waals surface area contributed by atoms with Gasteiger partial charge in [-0.2, -0.15) is 0 Å². The van der Waals surface area contributed by atoms with Crippen LogP contribution in [0, 0.1) is 34.5 Å². The number of carbonyl (C=O) groups is 3. The Morgan fingerprint density at radius 2 is 1.57 bits per heavy atom. The van der Waals surface area contributed by atoms with E-state index in [9.17, 15) is 29.7 Å². The van der Waals surface area contributed by atoms with E-state index in [1.54, 1.807) is 39.0 Å². The first-order valence-electron chi connectivity index (χ1n) is 19.3. The molecule has 0 aliphatic heterocycles. The van der Waals surface area contributed by atoms with Gasteiger partial charge in [0, 0.05) is 23.3 Å². The number of fused-ring (bicyclic) bond motifs is 3. The zero-order valence-electron chi connectivity index (χ0n) is 31.1. The van der Waals surface area contributed by atoms with Crippen LogP contribution >= 0.6 is 0 Å². The Bertz CT molecular complexity index is 1280. The molecule has 0 aromatic heterocycles. The number of unbranched alkanes of at least 4 members (excludes halogenated alkanes) is 12. The van der Waals surface area contributed by atoms with Crippen molar-refractivity contribution in [2.45, 2.75) is 156 Å². The summed E-state index contributed by atoms with van der Waals surface area (Å²) in [6.07, 6.45) is 19.1. The third-order valence-corrected chi connectivity index (χ3v) is 12.7. The predicted molar refractivity (Wildman–Crippen MR) is 190 cm³/mol. The van der Waals surface area contributed by atoms with E-state index in [1.165, 1.54) is 64.2 Å². The lowest BCUT2D eigenvalue weighted by molar-refractivity contribution is -0.202. The maximum absolute atomic E-state index is 14.8. The molecule has 2 bridgehead atoms. The molecule has 0 heterocycles. The number of Topliss-reactive ketones (excluding diaryl/α,β-unsaturated/α-hetero) is 1. The van der Waals surface area contributed by atoms with Crippen molar-refractivity contribution in [3.05, 3.63) is 34.9 Å². The van der Waals surface area contributed by atoms with Crippen LogP contribution < -0.4 is 0 Å². The number of hydrogen-bond donors (Lipinski definition) is 3. The molecule has 2 saturated carbocycles. The number of ether oxygens (including phenoxy) is 2. The lowest BCUT2D eigenvalue weighted by Gasteiger charge is -2.49. The van der Waals surface area contributed by atoms with Crippen molar-refractivity contribution in [2.24, 2.45) is 34.5 Å². The fourth-order valence-electron chi connectivity index (χ4n) is 9.51. The topological polar surface area (TPSA) is 130 Å². The standard InChI is InChI=1S/C41H64O8/c1-7-9-10-11-12-13-14-15-16-17-18-19-20-21-33(43)48-26-39(6)32-22-29(5)40-24-28(4)35(44)41(40,47)37(49-38(46)27(3)8-2)30(25-42)23-31(34(32)39)36(40)45/h8,23-24,29,31-32,34-35,37,42,44,47H,7,9-22,25-26H2,1-6H3/b27-8-/t29-,31+,32-,34+,35+,37-,39-,40+,41-/m1/s1. The highest BCUT2D eigenvalue weighted by molar-refractivity contribution is 5.96. The minimum atomic E-state index is -2.19. The molecule has 4 rings (SSSR count). The van der Waals surface area contributed by atoms with E-state index in [4.69, 9.17) is 9.47 Å². The van der Waals surface area contributed by atoms with Crippen LogP contribution in [-0.2, 0) is 23.9 Å². The zero-order valence-corrected chi connectivity index (χ0v) is 31.1. The fourth-order valence-corrected chi connectivity index (χ4v) is 9.51. The first kappa shape index (κ1) is 39.5. The summed E-state index contributed by atoms with van der Waals surface area (Å²) in [6, 6.07) is 0. The van der Waals surface area contributed by atoms with Gasteiger partial charge in [-0.25, -0.2) is 4.79 Å². The SMILES string of the molecule is C/C=C(/C)C(=O)O[C@@H]1C(CO)=C[C@@H]2C(=O)[C@]3(C=C(C)[C@H](O)[C@@]13O)[C@H](C)C[C@@H]1[C@H]2[C@]1(C)COC(=O)CCCCCCCCCCCCCCC. The van der Waals surface area contributed by atoms with Gasteiger partial charge in [-0.05, 0) is 62.5 Å². The van der Waals surface area contributed by atoms with Gasteiger partial charge in [0.05, 0.1) is 18.6 Å². The molecule has 0 aromatic carbocycles. The minimum Gasteiger partial charge on any atom is -0.465 e. The first-order valence-corrected chi connectivity index (χ1v) is 19.3. The molecule has 4 aliphatic rings. The summed E-state index contributed by atoms with van der Waals surface area (Å²) in [6.45, 7) is 10.8. The molecule has 0 unspecified atom stereocenters. The third kappa shape index (κ3) is 7.67. The summed E-state index contributed by atoms with van der Waals surface area (Å²) in [7, 11) is 0. The van der Waals surface area contributed by atoms with Gasteiger partial charge in [0.25, 0.3) is 0 Å². The van der Waals surface area contributed by atoms with E-state index in [2.05, 4.69) is 13.8 Å². The van der Waals surface area contributed by atoms with Crippen LogP contribution in [0.4, 0.5) is 0 Å². The summed E-state index contributed by atoms with van der Waals surface area (Å²) in [5.41, 5.74) is -3.22. The molecule has 1 spiro atoms. The number of aliphatic hydroxyl groups is 3. The molecule has 0 aromatic rings. The maximum atomic E-state index is 14.8. The lowest BCUT2D eigenvalue weighted by atomic mass is 9.59. The molecule has 8 heteroatoms. The Morgan fingerprint density at radius 3 is 2.12 bits per heavy atom. The molecule has 2 fully saturated rings. The average molecular weight is 685 g/mol. The minimum absolute atomic E-state index is 0.0382. The molecule has 9 atom stereocenters. The van der Waals surface area contributed by atoms with Gasteiger partial charge in [-0.15, -0.1) is 0 Å². The van der Waals surface area contributed by atoms with Gasteiger partial charge in [-0.1, -0.05) is 116 Å². The van der Waals surface area contributed by atoms with Crippen LogP contribution in [0.3, 0.4) is 0 Å². The normalized spacial score (nSPS) is 35.0. The molecular weight excluding hydrogens is 620 g/mol. The van der Waals surface area contributed by atoms with Crippen molar-refractivity contribution >= 4 is 17.7 Å². The van der Waals surface area contributed by atoms with Crippen LogP contribution in [0.5, 0.6) is 0 Å². The van der Waals surface area contributed by atoms with E-state index >= 15 is 0 Å². The number of ketones is 1. The van der Waals surface area contributed by atoms with Gasteiger partial charge in [0.2, 0.25) is 0 Å². The highest BCUT2D eigenvalue weighted by Crippen LogP contribution is 2.72. The molecular formula is C41H64O8. The third-order valence-electron chi connectivity index (χ3n) is 12.7. The number of allylic oxidation sites excluding steroid dienone is 2. The number of aliphatic hydroxyl groups excluding tert-OH is 2. The Balaban J connectivity index is 1.36. The summed E-state index contributed by atoms with van der Waals surface area (Å²) in [5.74, 6) is -2.44. The van der Waals surface area contributed by atoms with Crippen molar-refractivity contribution in [1.82, 2.24) is 0 Å². The smallest absolute Gasteiger partial charge is 0.334 e. The van der Waals surface area contributed by atoms with Crippen molar-refractivity contribution in [3.63, 3.8) is 0 Å². The molecule has 0 amide bonds. The Morgan fingerprint density at radius 1 is 1.00 bits per heavy atom. The number of rotatable bonds is 19. The molecule has 276 valence electrons. The highest BCUT2D eigenvalue weighted by atomic mass is 16.6. The monoisotopic (exact) mass is 684 g/mol. The Hall–Kier alpha value is -2.29. The maximum Gasteiger partial charge on any atom is 0.334 e. The molecule has 4 aliphatic carbocycles. The average Bonchev–Trinajstić information content (AvgIpc) is 3.63. The zero-order chi connectivity index (χ0) is 36.0. The van der Waals surface area contributed by atoms with E-state index in [0.717, 1.165) is 19.3 Å². The first-order chi connectivity index (χ1) is 23.3. The second-order valence-electron chi connectivity index (χ2n) is 16.0. The Kier molecular flexibility index (Phi) is 13.6. The number of carbonyl (C=O) groups excluding carboxylic acids is 3. The van der Waals surface area contributed by atoms with Crippen molar-refractivity contribution in [1.29, 1.82) is 0 Å². The second-order valence-corrected chi connectivity index (χ2v) is 16.0.